The molecule has 3 heterocycles. The second-order valence-electron chi connectivity index (χ2n) is 15.3. The highest BCUT2D eigenvalue weighted by Crippen LogP contribution is 2.41. The maximum atomic E-state index is 6.21. The topological polar surface area (TPSA) is 23.0 Å². The average molecular weight is 725 g/mol. The zero-order valence-electron chi connectivity index (χ0n) is 30.8. The Bertz CT molecular complexity index is 3780. The molecule has 0 unspecified atom stereocenters. The highest BCUT2D eigenvalue weighted by atomic mass is 16.3. The Hall–Kier alpha value is -7.62. The van der Waals surface area contributed by atoms with E-state index >= 15 is 0 Å². The van der Waals surface area contributed by atoms with Gasteiger partial charge in [-0.15, -0.1) is 0 Å². The second kappa shape index (κ2) is 11.5. The molecule has 13 aromatic rings. The highest BCUT2D eigenvalue weighted by molar-refractivity contribution is 6.26. The van der Waals surface area contributed by atoms with E-state index in [0.29, 0.717) is 0 Å². The van der Waals surface area contributed by atoms with Crippen LogP contribution in [0.25, 0.3) is 120 Å². The Morgan fingerprint density at radius 1 is 0.246 bits per heavy atom. The quantitative estimate of drug-likeness (QED) is 0.166. The van der Waals surface area contributed by atoms with Crippen molar-refractivity contribution in [3.05, 3.63) is 194 Å². The van der Waals surface area contributed by atoms with Crippen molar-refractivity contribution < 1.29 is 4.42 Å². The minimum Gasteiger partial charge on any atom is -0.456 e. The van der Waals surface area contributed by atoms with Gasteiger partial charge in [0.25, 0.3) is 0 Å². The van der Waals surface area contributed by atoms with Crippen LogP contribution in [-0.2, 0) is 0 Å². The number of furan rings is 1. The van der Waals surface area contributed by atoms with E-state index in [1.807, 2.05) is 12.1 Å². The van der Waals surface area contributed by atoms with Crippen molar-refractivity contribution in [3.8, 4) is 22.5 Å². The van der Waals surface area contributed by atoms with Crippen LogP contribution in [0.1, 0.15) is 0 Å². The van der Waals surface area contributed by atoms with Gasteiger partial charge in [-0.3, -0.25) is 0 Å². The Balaban J connectivity index is 1.01. The molecular formula is C54H32N2O. The van der Waals surface area contributed by atoms with E-state index in [1.165, 1.54) is 87.1 Å². The molecule has 0 aliphatic rings. The SMILES string of the molecule is c1ccc2c(c1)oc1ccc(-n3c4ccccc4c4ccc(-c5ccc6c(c5)c5ccccc5n6-c5ccc6c7ccccc7c7ccccc7c6c5)cc43)cc12. The van der Waals surface area contributed by atoms with Gasteiger partial charge in [0.05, 0.1) is 22.1 Å². The van der Waals surface area contributed by atoms with E-state index in [1.54, 1.807) is 0 Å². The summed E-state index contributed by atoms with van der Waals surface area (Å²) in [5, 5.41) is 14.9. The molecule has 0 amide bonds. The number of hydrogen-bond donors (Lipinski definition) is 0. The van der Waals surface area contributed by atoms with Crippen LogP contribution < -0.4 is 0 Å². The molecule has 57 heavy (non-hydrogen) atoms. The summed E-state index contributed by atoms with van der Waals surface area (Å²) in [6.07, 6.45) is 0. The lowest BCUT2D eigenvalue weighted by Crippen LogP contribution is -1.95. The summed E-state index contributed by atoms with van der Waals surface area (Å²) in [6, 6.07) is 71.0. The molecule has 0 fully saturated rings. The minimum absolute atomic E-state index is 0.902. The van der Waals surface area contributed by atoms with Crippen LogP contribution in [0.15, 0.2) is 199 Å². The Kier molecular flexibility index (Phi) is 6.16. The van der Waals surface area contributed by atoms with Crippen LogP contribution in [0.4, 0.5) is 0 Å². The number of nitrogens with zero attached hydrogens (tertiary/aromatic N) is 2. The summed E-state index contributed by atoms with van der Waals surface area (Å²) >= 11 is 0. The fourth-order valence-corrected chi connectivity index (χ4v) is 9.75. The number of hydrogen-bond acceptors (Lipinski definition) is 1. The molecule has 0 aliphatic carbocycles. The van der Waals surface area contributed by atoms with Gasteiger partial charge in [0.2, 0.25) is 0 Å². The summed E-state index contributed by atoms with van der Waals surface area (Å²) < 4.78 is 11.1. The largest absolute Gasteiger partial charge is 0.456 e. The van der Waals surface area contributed by atoms with Crippen molar-refractivity contribution in [2.45, 2.75) is 0 Å². The van der Waals surface area contributed by atoms with E-state index in [9.17, 15) is 0 Å². The molecular weight excluding hydrogens is 693 g/mol. The first-order valence-corrected chi connectivity index (χ1v) is 19.6. The molecule has 3 heteroatoms. The number of fused-ring (bicyclic) bond motifs is 15. The van der Waals surface area contributed by atoms with Crippen molar-refractivity contribution in [1.82, 2.24) is 9.13 Å². The molecule has 264 valence electrons. The zero-order valence-corrected chi connectivity index (χ0v) is 30.8. The maximum Gasteiger partial charge on any atom is 0.135 e. The van der Waals surface area contributed by atoms with Gasteiger partial charge in [-0.05, 0) is 110 Å². The molecule has 0 aliphatic heterocycles. The molecule has 10 aromatic carbocycles. The summed E-state index contributed by atoms with van der Waals surface area (Å²) in [5.41, 5.74) is 11.2. The first kappa shape index (κ1) is 30.7. The van der Waals surface area contributed by atoms with Crippen molar-refractivity contribution in [1.29, 1.82) is 0 Å². The van der Waals surface area contributed by atoms with Crippen LogP contribution in [0, 0.1) is 0 Å². The van der Waals surface area contributed by atoms with Crippen LogP contribution in [0.3, 0.4) is 0 Å². The van der Waals surface area contributed by atoms with Crippen molar-refractivity contribution in [2.75, 3.05) is 0 Å². The Labute approximate surface area is 326 Å². The standard InChI is InChI=1S/C54H32N2O/c1-2-13-39-37(11-1)38-12-3-4-14-40(38)46-31-35(23-26-41(39)46)55-50-19-9-6-16-43(50)47-29-33(22-27-51(47)55)34-21-25-44-42-15-5-8-18-49(42)56(52(44)30-34)36-24-28-54-48(32-36)45-17-7-10-20-53(45)57-54/h1-32H. The van der Waals surface area contributed by atoms with Crippen LogP contribution >= 0.6 is 0 Å². The predicted octanol–water partition coefficient (Wildman–Crippen LogP) is 14.9. The molecule has 13 rings (SSSR count). The lowest BCUT2D eigenvalue weighted by Gasteiger charge is -2.14. The second-order valence-corrected chi connectivity index (χ2v) is 15.3. The lowest BCUT2D eigenvalue weighted by atomic mass is 9.94. The van der Waals surface area contributed by atoms with E-state index in [4.69, 9.17) is 4.42 Å². The zero-order chi connectivity index (χ0) is 37.2. The molecule has 3 aromatic heterocycles. The molecule has 0 spiro atoms. The van der Waals surface area contributed by atoms with E-state index < -0.39 is 0 Å². The fraction of sp³-hybridized carbons (Fsp3) is 0. The number of aromatic nitrogens is 2. The van der Waals surface area contributed by atoms with Crippen LogP contribution in [0.2, 0.25) is 0 Å². The summed E-state index contributed by atoms with van der Waals surface area (Å²) in [6.45, 7) is 0. The number of rotatable bonds is 3. The monoisotopic (exact) mass is 724 g/mol. The Morgan fingerprint density at radius 3 is 1.40 bits per heavy atom. The highest BCUT2D eigenvalue weighted by Gasteiger charge is 2.18. The molecule has 0 saturated heterocycles. The maximum absolute atomic E-state index is 6.21. The third-order valence-corrected chi connectivity index (χ3v) is 12.3. The van der Waals surface area contributed by atoms with E-state index in [-0.39, 0.29) is 0 Å². The third kappa shape index (κ3) is 4.31. The Morgan fingerprint density at radius 2 is 0.684 bits per heavy atom. The van der Waals surface area contributed by atoms with Crippen molar-refractivity contribution in [2.24, 2.45) is 0 Å². The summed E-state index contributed by atoms with van der Waals surface area (Å²) in [5.74, 6) is 0. The van der Waals surface area contributed by atoms with Gasteiger partial charge in [-0.25, -0.2) is 0 Å². The van der Waals surface area contributed by atoms with Crippen molar-refractivity contribution in [3.63, 3.8) is 0 Å². The smallest absolute Gasteiger partial charge is 0.135 e. The van der Waals surface area contributed by atoms with Gasteiger partial charge in [-0.2, -0.15) is 0 Å². The van der Waals surface area contributed by atoms with Gasteiger partial charge in [0.1, 0.15) is 11.2 Å². The number of benzene rings is 10. The van der Waals surface area contributed by atoms with E-state index in [0.717, 1.165) is 33.3 Å². The summed E-state index contributed by atoms with van der Waals surface area (Å²) in [4.78, 5) is 0. The minimum atomic E-state index is 0.902. The predicted molar refractivity (Wildman–Crippen MR) is 240 cm³/mol. The summed E-state index contributed by atoms with van der Waals surface area (Å²) in [7, 11) is 0. The third-order valence-electron chi connectivity index (χ3n) is 12.3. The molecule has 0 atom stereocenters. The van der Waals surface area contributed by atoms with Gasteiger partial charge < -0.3 is 13.6 Å². The lowest BCUT2D eigenvalue weighted by molar-refractivity contribution is 0.669. The average Bonchev–Trinajstić information content (AvgIpc) is 3.93. The van der Waals surface area contributed by atoms with E-state index in [2.05, 4.69) is 191 Å². The van der Waals surface area contributed by atoms with Gasteiger partial charge in [-0.1, -0.05) is 127 Å². The molecule has 0 bridgehead atoms. The molecule has 0 radical (unpaired) electrons. The van der Waals surface area contributed by atoms with Gasteiger partial charge in [0, 0.05) is 43.7 Å². The number of para-hydroxylation sites is 3. The van der Waals surface area contributed by atoms with Gasteiger partial charge >= 0.3 is 0 Å². The van der Waals surface area contributed by atoms with Gasteiger partial charge in [0.15, 0.2) is 0 Å². The van der Waals surface area contributed by atoms with Crippen LogP contribution in [0.5, 0.6) is 0 Å². The molecule has 3 nitrogen and oxygen atoms in total. The van der Waals surface area contributed by atoms with Crippen LogP contribution in [-0.4, -0.2) is 9.13 Å². The first-order chi connectivity index (χ1) is 28.3. The molecule has 0 N–H and O–H groups in total. The normalized spacial score (nSPS) is 12.2. The van der Waals surface area contributed by atoms with Crippen molar-refractivity contribution >= 4 is 97.9 Å². The first-order valence-electron chi connectivity index (χ1n) is 19.6. The fourth-order valence-electron chi connectivity index (χ4n) is 9.75. The molecule has 0 saturated carbocycles.